The lowest BCUT2D eigenvalue weighted by atomic mass is 10.1. The summed E-state index contributed by atoms with van der Waals surface area (Å²) in [5.41, 5.74) is 2.43. The minimum Gasteiger partial charge on any atom is -0.461 e. The van der Waals surface area contributed by atoms with Crippen molar-refractivity contribution in [1.82, 2.24) is 15.0 Å². The summed E-state index contributed by atoms with van der Waals surface area (Å²) < 4.78 is 17.5. The van der Waals surface area contributed by atoms with Gasteiger partial charge in [0.15, 0.2) is 5.69 Å². The van der Waals surface area contributed by atoms with E-state index in [1.165, 1.54) is 18.4 Å². The van der Waals surface area contributed by atoms with Gasteiger partial charge < -0.3 is 13.9 Å². The van der Waals surface area contributed by atoms with Crippen molar-refractivity contribution in [3.05, 3.63) is 47.5 Å². The molecule has 0 amide bonds. The van der Waals surface area contributed by atoms with Crippen LogP contribution in [0.15, 0.2) is 34.9 Å². The summed E-state index contributed by atoms with van der Waals surface area (Å²) in [6.07, 6.45) is 4.75. The molecule has 0 spiro atoms. The fourth-order valence-electron chi connectivity index (χ4n) is 2.92. The summed E-state index contributed by atoms with van der Waals surface area (Å²) >= 11 is 0. The molecule has 0 unspecified atom stereocenters. The first-order valence-corrected chi connectivity index (χ1v) is 8.81. The lowest BCUT2D eigenvalue weighted by molar-refractivity contribution is 0.0461. The van der Waals surface area contributed by atoms with Crippen molar-refractivity contribution in [1.29, 1.82) is 0 Å². The summed E-state index contributed by atoms with van der Waals surface area (Å²) in [7, 11) is 1.61. The largest absolute Gasteiger partial charge is 0.461 e. The number of hydrogen-bond acceptors (Lipinski definition) is 6. The Bertz CT molecular complexity index is 911. The van der Waals surface area contributed by atoms with Crippen molar-refractivity contribution in [3.8, 4) is 0 Å². The van der Waals surface area contributed by atoms with Crippen molar-refractivity contribution < 1.29 is 18.7 Å². The SMILES string of the molecule is COCCCOC(=O)c1cn(Cc2cc3ccc(C4CC4)cc3o2)nn1. The molecule has 7 nitrogen and oxygen atoms in total. The van der Waals surface area contributed by atoms with Gasteiger partial charge in [-0.2, -0.15) is 0 Å². The van der Waals surface area contributed by atoms with Crippen molar-refractivity contribution in [2.24, 2.45) is 0 Å². The first-order valence-electron chi connectivity index (χ1n) is 8.81. The molecule has 4 rings (SSSR count). The predicted octanol–water partition coefficient (Wildman–Crippen LogP) is 3.14. The highest BCUT2D eigenvalue weighted by molar-refractivity contribution is 5.86. The molecule has 2 heterocycles. The summed E-state index contributed by atoms with van der Waals surface area (Å²) in [6, 6.07) is 8.39. The van der Waals surface area contributed by atoms with Gasteiger partial charge in [-0.05, 0) is 36.5 Å². The zero-order chi connectivity index (χ0) is 17.9. The van der Waals surface area contributed by atoms with Crippen LogP contribution in [-0.2, 0) is 16.0 Å². The third-order valence-corrected chi connectivity index (χ3v) is 4.44. The summed E-state index contributed by atoms with van der Waals surface area (Å²) in [5.74, 6) is 0.990. The molecule has 0 saturated heterocycles. The molecule has 0 N–H and O–H groups in total. The van der Waals surface area contributed by atoms with E-state index in [-0.39, 0.29) is 5.69 Å². The number of rotatable bonds is 8. The topological polar surface area (TPSA) is 79.4 Å². The number of ether oxygens (including phenoxy) is 2. The minimum atomic E-state index is -0.481. The van der Waals surface area contributed by atoms with E-state index in [0.29, 0.717) is 32.1 Å². The molecule has 1 aromatic carbocycles. The fraction of sp³-hybridized carbons (Fsp3) is 0.421. The average Bonchev–Trinajstić information content (AvgIpc) is 3.26. The standard InChI is InChI=1S/C19H21N3O4/c1-24-7-2-8-25-19(23)17-12-22(21-20-17)11-16-9-15-6-5-14(13-3-4-13)10-18(15)26-16/h5-6,9-10,12-13H,2-4,7-8,11H2,1H3. The van der Waals surface area contributed by atoms with Crippen molar-refractivity contribution in [3.63, 3.8) is 0 Å². The number of furan rings is 1. The number of aromatic nitrogens is 3. The lowest BCUT2D eigenvalue weighted by Crippen LogP contribution is -2.08. The number of carbonyl (C=O) groups is 1. The van der Waals surface area contributed by atoms with Gasteiger partial charge in [-0.3, -0.25) is 0 Å². The van der Waals surface area contributed by atoms with E-state index in [2.05, 4.69) is 28.5 Å². The van der Waals surface area contributed by atoms with E-state index in [9.17, 15) is 4.79 Å². The molecule has 136 valence electrons. The zero-order valence-corrected chi connectivity index (χ0v) is 14.7. The molecule has 1 saturated carbocycles. The van der Waals surface area contributed by atoms with Crippen molar-refractivity contribution >= 4 is 16.9 Å². The van der Waals surface area contributed by atoms with Crippen LogP contribution in [0.25, 0.3) is 11.0 Å². The number of carbonyl (C=O) groups excluding carboxylic acids is 1. The van der Waals surface area contributed by atoms with Gasteiger partial charge in [-0.25, -0.2) is 9.48 Å². The first kappa shape index (κ1) is 16.8. The second kappa shape index (κ2) is 7.29. The quantitative estimate of drug-likeness (QED) is 0.456. The van der Waals surface area contributed by atoms with Crippen LogP contribution in [0, 0.1) is 0 Å². The van der Waals surface area contributed by atoms with Crippen molar-refractivity contribution in [2.45, 2.75) is 31.7 Å². The summed E-state index contributed by atoms with van der Waals surface area (Å²) in [5, 5.41) is 8.93. The number of methoxy groups -OCH3 is 1. The van der Waals surface area contributed by atoms with E-state index < -0.39 is 5.97 Å². The highest BCUT2D eigenvalue weighted by Gasteiger charge is 2.24. The van der Waals surface area contributed by atoms with Crippen LogP contribution in [0.5, 0.6) is 0 Å². The molecule has 7 heteroatoms. The second-order valence-corrected chi connectivity index (χ2v) is 6.57. The highest BCUT2D eigenvalue weighted by Crippen LogP contribution is 2.41. The van der Waals surface area contributed by atoms with Crippen LogP contribution >= 0.6 is 0 Å². The Kier molecular flexibility index (Phi) is 4.71. The number of esters is 1. The van der Waals surface area contributed by atoms with Gasteiger partial charge in [0, 0.05) is 25.5 Å². The molecule has 26 heavy (non-hydrogen) atoms. The van der Waals surface area contributed by atoms with Crippen LogP contribution in [0.1, 0.15) is 47.0 Å². The molecule has 0 bridgehead atoms. The summed E-state index contributed by atoms with van der Waals surface area (Å²) in [4.78, 5) is 11.9. The molecule has 0 radical (unpaired) electrons. The molecular weight excluding hydrogens is 334 g/mol. The van der Waals surface area contributed by atoms with Crippen LogP contribution < -0.4 is 0 Å². The number of nitrogens with zero attached hydrogens (tertiary/aromatic N) is 3. The third-order valence-electron chi connectivity index (χ3n) is 4.44. The Morgan fingerprint density at radius 3 is 3.00 bits per heavy atom. The smallest absolute Gasteiger partial charge is 0.360 e. The molecule has 0 aliphatic heterocycles. The maximum atomic E-state index is 11.9. The highest BCUT2D eigenvalue weighted by atomic mass is 16.5. The molecule has 3 aromatic rings. The molecule has 1 fully saturated rings. The number of benzene rings is 1. The van der Waals surface area contributed by atoms with E-state index in [1.807, 2.05) is 6.07 Å². The van der Waals surface area contributed by atoms with E-state index in [4.69, 9.17) is 13.9 Å². The minimum absolute atomic E-state index is 0.189. The van der Waals surface area contributed by atoms with Gasteiger partial charge >= 0.3 is 5.97 Å². The lowest BCUT2D eigenvalue weighted by Gasteiger charge is -2.01. The molecule has 0 atom stereocenters. The maximum absolute atomic E-state index is 11.9. The number of hydrogen-bond donors (Lipinski definition) is 0. The van der Waals surface area contributed by atoms with Crippen LogP contribution in [0.3, 0.4) is 0 Å². The number of fused-ring (bicyclic) bond motifs is 1. The van der Waals surface area contributed by atoms with Crippen molar-refractivity contribution in [2.75, 3.05) is 20.3 Å². The van der Waals surface area contributed by atoms with Gasteiger partial charge in [0.1, 0.15) is 17.9 Å². The van der Waals surface area contributed by atoms with E-state index >= 15 is 0 Å². The molecule has 1 aliphatic carbocycles. The van der Waals surface area contributed by atoms with Crippen LogP contribution in [-0.4, -0.2) is 41.3 Å². The van der Waals surface area contributed by atoms with E-state index in [1.54, 1.807) is 18.0 Å². The van der Waals surface area contributed by atoms with Crippen LogP contribution in [0.4, 0.5) is 0 Å². The molecule has 2 aromatic heterocycles. The Balaban J connectivity index is 1.40. The van der Waals surface area contributed by atoms with Gasteiger partial charge in [-0.15, -0.1) is 5.10 Å². The monoisotopic (exact) mass is 355 g/mol. The zero-order valence-electron chi connectivity index (χ0n) is 14.7. The van der Waals surface area contributed by atoms with E-state index in [0.717, 1.165) is 16.7 Å². The Hall–Kier alpha value is -2.67. The maximum Gasteiger partial charge on any atom is 0.360 e. The Labute approximate surface area is 150 Å². The van der Waals surface area contributed by atoms with Gasteiger partial charge in [0.05, 0.1) is 12.8 Å². The van der Waals surface area contributed by atoms with Gasteiger partial charge in [0.25, 0.3) is 0 Å². The van der Waals surface area contributed by atoms with Gasteiger partial charge in [-0.1, -0.05) is 17.3 Å². The normalized spacial score (nSPS) is 14.0. The van der Waals surface area contributed by atoms with Crippen LogP contribution in [0.2, 0.25) is 0 Å². The predicted molar refractivity (Wildman–Crippen MR) is 94.1 cm³/mol. The second-order valence-electron chi connectivity index (χ2n) is 6.57. The first-order chi connectivity index (χ1) is 12.7. The average molecular weight is 355 g/mol. The molecule has 1 aliphatic rings. The Morgan fingerprint density at radius 2 is 2.19 bits per heavy atom. The Morgan fingerprint density at radius 1 is 1.31 bits per heavy atom. The fourth-order valence-corrected chi connectivity index (χ4v) is 2.92. The third kappa shape index (κ3) is 3.77. The van der Waals surface area contributed by atoms with Gasteiger partial charge in [0.2, 0.25) is 0 Å². The summed E-state index contributed by atoms with van der Waals surface area (Å²) in [6.45, 7) is 1.26. The molecular formula is C19H21N3O4.